The van der Waals surface area contributed by atoms with E-state index in [1.165, 1.54) is 25.4 Å². The fraction of sp³-hybridized carbons (Fsp3) is 0.607. The molecule has 2 aliphatic rings. The Hall–Kier alpha value is -1.66. The Morgan fingerprint density at radius 2 is 2.00 bits per heavy atom. The van der Waals surface area contributed by atoms with Crippen LogP contribution in [0.3, 0.4) is 0 Å². The molecule has 2 aromatic heterocycles. The topological polar surface area (TPSA) is 59.3 Å². The van der Waals surface area contributed by atoms with E-state index in [0.717, 1.165) is 99.7 Å². The first kappa shape index (κ1) is 27.9. The second-order valence-electron chi connectivity index (χ2n) is 10.5. The minimum Gasteiger partial charge on any atom is -0.378 e. The molecule has 5 rings (SSSR count). The molecule has 1 aliphatic carbocycles. The molecule has 7 nitrogen and oxygen atoms in total. The van der Waals surface area contributed by atoms with Crippen molar-refractivity contribution in [1.29, 1.82) is 0 Å². The zero-order valence-corrected chi connectivity index (χ0v) is 25.0. The Kier molecular flexibility index (Phi) is 9.64. The lowest BCUT2D eigenvalue weighted by Crippen LogP contribution is -2.36. The molecule has 0 N–H and O–H groups in total. The lowest BCUT2D eigenvalue weighted by molar-refractivity contribution is 0.122. The molecular formula is C28H39Cl2N6OP. The van der Waals surface area contributed by atoms with E-state index in [0.29, 0.717) is 12.6 Å². The van der Waals surface area contributed by atoms with Crippen molar-refractivity contribution in [2.24, 2.45) is 5.92 Å². The predicted molar refractivity (Wildman–Crippen MR) is 161 cm³/mol. The third-order valence-corrected chi connectivity index (χ3v) is 9.23. The van der Waals surface area contributed by atoms with Gasteiger partial charge in [-0.1, -0.05) is 31.0 Å². The number of unbranched alkanes of at least 4 members (excludes halogenated alkanes) is 1. The highest BCUT2D eigenvalue weighted by Gasteiger charge is 2.29. The van der Waals surface area contributed by atoms with E-state index >= 15 is 0 Å². The summed E-state index contributed by atoms with van der Waals surface area (Å²) in [5.74, 6) is 1.63. The minimum atomic E-state index is 0.270. The van der Waals surface area contributed by atoms with Gasteiger partial charge < -0.3 is 14.5 Å². The molecule has 1 saturated heterocycles. The fourth-order valence-corrected chi connectivity index (χ4v) is 6.86. The van der Waals surface area contributed by atoms with Crippen LogP contribution in [0.15, 0.2) is 24.4 Å². The lowest BCUT2D eigenvalue weighted by atomic mass is 10.1. The van der Waals surface area contributed by atoms with Crippen molar-refractivity contribution in [3.05, 3.63) is 40.3 Å². The van der Waals surface area contributed by atoms with Gasteiger partial charge in [0.2, 0.25) is 5.28 Å². The van der Waals surface area contributed by atoms with Crippen molar-refractivity contribution >= 4 is 54.3 Å². The van der Waals surface area contributed by atoms with E-state index in [1.54, 1.807) is 0 Å². The Labute approximate surface area is 238 Å². The maximum atomic E-state index is 6.84. The molecule has 1 aliphatic heterocycles. The number of nitrogens with zero attached hydrogens (tertiary/aromatic N) is 6. The zero-order valence-electron chi connectivity index (χ0n) is 22.5. The van der Waals surface area contributed by atoms with Crippen LogP contribution < -0.4 is 9.80 Å². The highest BCUT2D eigenvalue weighted by atomic mass is 35.5. The Morgan fingerprint density at radius 1 is 1.16 bits per heavy atom. The van der Waals surface area contributed by atoms with Gasteiger partial charge in [-0.15, -0.1) is 8.58 Å². The zero-order chi connectivity index (χ0) is 26.5. The van der Waals surface area contributed by atoms with Gasteiger partial charge >= 0.3 is 0 Å². The second-order valence-corrected chi connectivity index (χ2v) is 12.5. The molecule has 38 heavy (non-hydrogen) atoms. The van der Waals surface area contributed by atoms with E-state index in [9.17, 15) is 0 Å². The van der Waals surface area contributed by atoms with Crippen LogP contribution in [-0.2, 0) is 11.3 Å². The van der Waals surface area contributed by atoms with Crippen molar-refractivity contribution in [2.45, 2.75) is 58.0 Å². The van der Waals surface area contributed by atoms with Crippen molar-refractivity contribution in [1.82, 2.24) is 19.7 Å². The molecule has 2 fully saturated rings. The molecule has 0 amide bonds. The molecule has 3 heterocycles. The quantitative estimate of drug-likeness (QED) is 0.184. The van der Waals surface area contributed by atoms with Gasteiger partial charge in [-0.25, -0.2) is 4.68 Å². The molecule has 0 bridgehead atoms. The van der Waals surface area contributed by atoms with Crippen LogP contribution in [0.25, 0.3) is 11.0 Å². The van der Waals surface area contributed by atoms with Gasteiger partial charge in [0.15, 0.2) is 5.65 Å². The smallest absolute Gasteiger partial charge is 0.226 e. The Bertz CT molecular complexity index is 1220. The highest BCUT2D eigenvalue weighted by Crippen LogP contribution is 2.39. The van der Waals surface area contributed by atoms with Gasteiger partial charge in [0.05, 0.1) is 30.8 Å². The normalized spacial score (nSPS) is 20.3. The van der Waals surface area contributed by atoms with Crippen LogP contribution in [0, 0.1) is 5.92 Å². The molecule has 1 saturated carbocycles. The maximum absolute atomic E-state index is 6.84. The van der Waals surface area contributed by atoms with Crippen LogP contribution in [0.4, 0.5) is 11.5 Å². The monoisotopic (exact) mass is 576 g/mol. The van der Waals surface area contributed by atoms with Crippen molar-refractivity contribution in [3.63, 3.8) is 0 Å². The Balaban J connectivity index is 1.41. The SMILES string of the molecule is CCCCN(Cc1ccc(N2CCOCC2)cc1Cl)c1nc(Cl)nc2c1cnn2C1CCC(CCPC)C1. The van der Waals surface area contributed by atoms with Crippen molar-refractivity contribution < 1.29 is 4.74 Å². The van der Waals surface area contributed by atoms with Crippen LogP contribution >= 0.6 is 31.8 Å². The summed E-state index contributed by atoms with van der Waals surface area (Å²) in [6.45, 7) is 9.29. The number of aromatic nitrogens is 4. The first-order chi connectivity index (χ1) is 18.6. The molecule has 3 aromatic rings. The summed E-state index contributed by atoms with van der Waals surface area (Å²) in [5.41, 5.74) is 3.06. The summed E-state index contributed by atoms with van der Waals surface area (Å²) in [6.07, 6.45) is 10.3. The minimum absolute atomic E-state index is 0.270. The number of benzene rings is 1. The van der Waals surface area contributed by atoms with Crippen LogP contribution in [0.1, 0.15) is 57.1 Å². The molecular weight excluding hydrogens is 538 g/mol. The van der Waals surface area contributed by atoms with Gasteiger partial charge in [-0.05, 0) is 80.1 Å². The van der Waals surface area contributed by atoms with E-state index in [1.807, 2.05) is 6.20 Å². The summed E-state index contributed by atoms with van der Waals surface area (Å²) < 4.78 is 7.62. The number of morpholine rings is 1. The molecule has 1 aromatic carbocycles. The fourth-order valence-electron chi connectivity index (χ4n) is 5.77. The molecule has 0 radical (unpaired) electrons. The maximum Gasteiger partial charge on any atom is 0.226 e. The molecule has 3 unspecified atom stereocenters. The number of fused-ring (bicyclic) bond motifs is 1. The van der Waals surface area contributed by atoms with Crippen LogP contribution in [0.2, 0.25) is 10.3 Å². The number of hydrogen-bond donors (Lipinski definition) is 0. The average molecular weight is 578 g/mol. The molecule has 3 atom stereocenters. The van der Waals surface area contributed by atoms with Gasteiger partial charge in [-0.2, -0.15) is 15.1 Å². The summed E-state index contributed by atoms with van der Waals surface area (Å²) in [6, 6.07) is 6.77. The van der Waals surface area contributed by atoms with Gasteiger partial charge in [0, 0.05) is 36.9 Å². The van der Waals surface area contributed by atoms with Crippen LogP contribution in [-0.4, -0.2) is 65.4 Å². The number of halogens is 2. The predicted octanol–water partition coefficient (Wildman–Crippen LogP) is 6.82. The van der Waals surface area contributed by atoms with Gasteiger partial charge in [-0.3, -0.25) is 0 Å². The summed E-state index contributed by atoms with van der Waals surface area (Å²) in [7, 11) is 1.03. The number of anilines is 2. The third-order valence-electron chi connectivity index (χ3n) is 7.92. The largest absolute Gasteiger partial charge is 0.378 e. The first-order valence-corrected chi connectivity index (χ1v) is 16.4. The number of rotatable bonds is 11. The highest BCUT2D eigenvalue weighted by molar-refractivity contribution is 7.36. The van der Waals surface area contributed by atoms with E-state index in [-0.39, 0.29) is 5.28 Å². The van der Waals surface area contributed by atoms with Crippen molar-refractivity contribution in [2.75, 3.05) is 55.5 Å². The molecule has 206 valence electrons. The van der Waals surface area contributed by atoms with E-state index in [4.69, 9.17) is 38.0 Å². The van der Waals surface area contributed by atoms with Gasteiger partial charge in [0.25, 0.3) is 0 Å². The molecule has 0 spiro atoms. The third kappa shape index (κ3) is 6.38. The lowest BCUT2D eigenvalue weighted by Gasteiger charge is -2.30. The second kappa shape index (κ2) is 13.1. The van der Waals surface area contributed by atoms with E-state index < -0.39 is 0 Å². The van der Waals surface area contributed by atoms with Crippen molar-refractivity contribution in [3.8, 4) is 0 Å². The number of ether oxygens (including phenoxy) is 1. The van der Waals surface area contributed by atoms with E-state index in [2.05, 4.69) is 51.3 Å². The Morgan fingerprint density at radius 3 is 2.76 bits per heavy atom. The summed E-state index contributed by atoms with van der Waals surface area (Å²) >= 11 is 13.4. The van der Waals surface area contributed by atoms with Gasteiger partial charge in [0.1, 0.15) is 5.82 Å². The summed E-state index contributed by atoms with van der Waals surface area (Å²) in [4.78, 5) is 14.0. The van der Waals surface area contributed by atoms with Crippen LogP contribution in [0.5, 0.6) is 0 Å². The first-order valence-electron chi connectivity index (χ1n) is 14.0. The number of hydrogen-bond acceptors (Lipinski definition) is 6. The average Bonchev–Trinajstić information content (AvgIpc) is 3.57. The standard InChI is InChI=1S/C28H39Cl2N6OP/c1-3-4-10-35(19-21-6-8-22(17-25(21)29)34-11-13-37-14-12-34)26-24-18-31-36(27(24)33-28(30)32-26)23-7-5-20(16-23)9-15-38-2/h6,8,17-18,20,23,38H,3-5,7,9-16,19H2,1-2H3. The summed E-state index contributed by atoms with van der Waals surface area (Å²) in [5, 5.41) is 6.84. The molecule has 10 heteroatoms.